The molecule has 0 spiro atoms. The van der Waals surface area contributed by atoms with Crippen molar-refractivity contribution in [1.29, 1.82) is 0 Å². The minimum Gasteiger partial charge on any atom is -0.380 e. The van der Waals surface area contributed by atoms with Crippen LogP contribution in [0, 0.1) is 0 Å². The van der Waals surface area contributed by atoms with Gasteiger partial charge in [-0.1, -0.05) is 13.3 Å². The second-order valence-electron chi connectivity index (χ2n) is 3.22. The maximum atomic E-state index is 5.41. The van der Waals surface area contributed by atoms with Crippen LogP contribution in [0.2, 0.25) is 0 Å². The van der Waals surface area contributed by atoms with E-state index in [1.54, 1.807) is 6.33 Å². The van der Waals surface area contributed by atoms with Gasteiger partial charge in [0.25, 0.3) is 0 Å². The van der Waals surface area contributed by atoms with Crippen LogP contribution in [0.15, 0.2) is 12.5 Å². The summed E-state index contributed by atoms with van der Waals surface area (Å²) in [6, 6.07) is 0. The van der Waals surface area contributed by atoms with Gasteiger partial charge in [0.2, 0.25) is 0 Å². The van der Waals surface area contributed by atoms with E-state index in [4.69, 9.17) is 4.74 Å². The number of aromatic nitrogens is 2. The quantitative estimate of drug-likeness (QED) is 0.618. The minimum atomic E-state index is 0.786. The smallest absolute Gasteiger partial charge is 0.0922 e. The Bertz CT molecular complexity index is 211. The van der Waals surface area contributed by atoms with Gasteiger partial charge in [-0.2, -0.15) is 0 Å². The van der Waals surface area contributed by atoms with Crippen molar-refractivity contribution >= 4 is 0 Å². The first-order valence-corrected chi connectivity index (χ1v) is 5.19. The molecule has 0 saturated heterocycles. The van der Waals surface area contributed by atoms with Gasteiger partial charge in [-0.3, -0.25) is 0 Å². The van der Waals surface area contributed by atoms with E-state index in [-0.39, 0.29) is 0 Å². The average molecular weight is 197 g/mol. The SMILES string of the molecule is CCCCOCCNCc1cnc[nH]1. The predicted molar refractivity (Wildman–Crippen MR) is 56.0 cm³/mol. The normalized spacial score (nSPS) is 10.6. The molecule has 0 fully saturated rings. The Labute approximate surface area is 85.1 Å². The molecular weight excluding hydrogens is 178 g/mol. The van der Waals surface area contributed by atoms with Crippen molar-refractivity contribution in [2.24, 2.45) is 0 Å². The van der Waals surface area contributed by atoms with Crippen molar-refractivity contribution in [2.75, 3.05) is 19.8 Å². The number of unbranched alkanes of at least 4 members (excludes halogenated alkanes) is 1. The van der Waals surface area contributed by atoms with Gasteiger partial charge in [0, 0.05) is 31.6 Å². The maximum Gasteiger partial charge on any atom is 0.0922 e. The van der Waals surface area contributed by atoms with E-state index in [0.717, 1.165) is 38.4 Å². The highest BCUT2D eigenvalue weighted by atomic mass is 16.5. The molecule has 0 aliphatic carbocycles. The van der Waals surface area contributed by atoms with Gasteiger partial charge in [-0.25, -0.2) is 4.98 Å². The molecule has 14 heavy (non-hydrogen) atoms. The molecule has 80 valence electrons. The zero-order valence-corrected chi connectivity index (χ0v) is 8.75. The molecule has 0 aliphatic heterocycles. The topological polar surface area (TPSA) is 49.9 Å². The van der Waals surface area contributed by atoms with Crippen molar-refractivity contribution in [2.45, 2.75) is 26.3 Å². The summed E-state index contributed by atoms with van der Waals surface area (Å²) in [6.45, 7) is 5.55. The average Bonchev–Trinajstić information content (AvgIpc) is 2.69. The molecular formula is C10H19N3O. The van der Waals surface area contributed by atoms with Crippen LogP contribution in [0.25, 0.3) is 0 Å². The Balaban J connectivity index is 1.85. The zero-order valence-electron chi connectivity index (χ0n) is 8.75. The highest BCUT2D eigenvalue weighted by Gasteiger charge is 1.92. The number of rotatable bonds is 8. The Morgan fingerprint density at radius 3 is 3.14 bits per heavy atom. The fourth-order valence-electron chi connectivity index (χ4n) is 1.10. The lowest BCUT2D eigenvalue weighted by Gasteiger charge is -2.04. The molecule has 0 unspecified atom stereocenters. The van der Waals surface area contributed by atoms with E-state index >= 15 is 0 Å². The summed E-state index contributed by atoms with van der Waals surface area (Å²) in [4.78, 5) is 6.97. The van der Waals surface area contributed by atoms with Crippen LogP contribution in [-0.2, 0) is 11.3 Å². The highest BCUT2D eigenvalue weighted by Crippen LogP contribution is 1.89. The van der Waals surface area contributed by atoms with Crippen LogP contribution in [0.3, 0.4) is 0 Å². The molecule has 0 atom stereocenters. The van der Waals surface area contributed by atoms with E-state index < -0.39 is 0 Å². The number of hydrogen-bond acceptors (Lipinski definition) is 3. The second-order valence-corrected chi connectivity index (χ2v) is 3.22. The number of H-pyrrole nitrogens is 1. The molecule has 4 nitrogen and oxygen atoms in total. The molecule has 0 aliphatic rings. The van der Waals surface area contributed by atoms with Crippen LogP contribution in [0.1, 0.15) is 25.5 Å². The van der Waals surface area contributed by atoms with Gasteiger partial charge >= 0.3 is 0 Å². The van der Waals surface area contributed by atoms with Gasteiger partial charge in [-0.05, 0) is 6.42 Å². The van der Waals surface area contributed by atoms with Gasteiger partial charge in [0.05, 0.1) is 12.9 Å². The van der Waals surface area contributed by atoms with E-state index in [9.17, 15) is 0 Å². The molecule has 0 aromatic carbocycles. The molecule has 2 N–H and O–H groups in total. The summed E-state index contributed by atoms with van der Waals surface area (Å²) in [7, 11) is 0. The maximum absolute atomic E-state index is 5.41. The van der Waals surface area contributed by atoms with Crippen LogP contribution in [0.5, 0.6) is 0 Å². The van der Waals surface area contributed by atoms with Gasteiger partial charge in [0.15, 0.2) is 0 Å². The number of nitrogens with zero attached hydrogens (tertiary/aromatic N) is 1. The van der Waals surface area contributed by atoms with Crippen molar-refractivity contribution < 1.29 is 4.74 Å². The number of imidazole rings is 1. The number of nitrogens with one attached hydrogen (secondary N) is 2. The van der Waals surface area contributed by atoms with Gasteiger partial charge in [0.1, 0.15) is 0 Å². The van der Waals surface area contributed by atoms with Gasteiger partial charge in [-0.15, -0.1) is 0 Å². The number of hydrogen-bond donors (Lipinski definition) is 2. The van der Waals surface area contributed by atoms with Gasteiger partial charge < -0.3 is 15.0 Å². The van der Waals surface area contributed by atoms with Crippen LogP contribution >= 0.6 is 0 Å². The van der Waals surface area contributed by atoms with E-state index in [1.165, 1.54) is 6.42 Å². The number of ether oxygens (including phenoxy) is 1. The lowest BCUT2D eigenvalue weighted by Crippen LogP contribution is -2.19. The standard InChI is InChI=1S/C10H19N3O/c1-2-3-5-14-6-4-11-7-10-8-12-9-13-10/h8-9,11H,2-7H2,1H3,(H,12,13). The first-order chi connectivity index (χ1) is 6.93. The van der Waals surface area contributed by atoms with Crippen molar-refractivity contribution in [1.82, 2.24) is 15.3 Å². The fourth-order valence-corrected chi connectivity index (χ4v) is 1.10. The van der Waals surface area contributed by atoms with E-state index in [1.807, 2.05) is 6.20 Å². The van der Waals surface area contributed by atoms with Crippen molar-refractivity contribution in [3.8, 4) is 0 Å². The highest BCUT2D eigenvalue weighted by molar-refractivity contribution is 4.92. The first kappa shape index (κ1) is 11.2. The lowest BCUT2D eigenvalue weighted by atomic mass is 10.4. The third kappa shape index (κ3) is 4.99. The molecule has 1 heterocycles. The monoisotopic (exact) mass is 197 g/mol. The third-order valence-corrected chi connectivity index (χ3v) is 1.94. The minimum absolute atomic E-state index is 0.786. The molecule has 1 aromatic rings. The predicted octanol–water partition coefficient (Wildman–Crippen LogP) is 1.32. The Kier molecular flexibility index (Phi) is 6.02. The third-order valence-electron chi connectivity index (χ3n) is 1.94. The van der Waals surface area contributed by atoms with Crippen molar-refractivity contribution in [3.05, 3.63) is 18.2 Å². The Morgan fingerprint density at radius 1 is 1.50 bits per heavy atom. The van der Waals surface area contributed by atoms with Crippen LogP contribution in [-0.4, -0.2) is 29.7 Å². The Morgan fingerprint density at radius 2 is 2.43 bits per heavy atom. The van der Waals surface area contributed by atoms with Crippen LogP contribution in [0.4, 0.5) is 0 Å². The lowest BCUT2D eigenvalue weighted by molar-refractivity contribution is 0.133. The van der Waals surface area contributed by atoms with E-state index in [2.05, 4.69) is 22.2 Å². The molecule has 1 rings (SSSR count). The molecule has 4 heteroatoms. The molecule has 0 saturated carbocycles. The van der Waals surface area contributed by atoms with E-state index in [0.29, 0.717) is 0 Å². The molecule has 0 radical (unpaired) electrons. The van der Waals surface area contributed by atoms with Crippen molar-refractivity contribution in [3.63, 3.8) is 0 Å². The summed E-state index contributed by atoms with van der Waals surface area (Å²) in [5.74, 6) is 0. The number of aromatic amines is 1. The molecule has 0 bridgehead atoms. The Hall–Kier alpha value is -0.870. The molecule has 0 amide bonds. The summed E-state index contributed by atoms with van der Waals surface area (Å²) in [6.07, 6.45) is 5.86. The summed E-state index contributed by atoms with van der Waals surface area (Å²) in [5.41, 5.74) is 1.11. The van der Waals surface area contributed by atoms with Crippen LogP contribution < -0.4 is 5.32 Å². The summed E-state index contributed by atoms with van der Waals surface area (Å²) >= 11 is 0. The molecule has 1 aromatic heterocycles. The second kappa shape index (κ2) is 7.53. The first-order valence-electron chi connectivity index (χ1n) is 5.19. The summed E-state index contributed by atoms with van der Waals surface area (Å²) < 4.78 is 5.41. The fraction of sp³-hybridized carbons (Fsp3) is 0.700. The largest absolute Gasteiger partial charge is 0.380 e. The zero-order chi connectivity index (χ0) is 10.1. The summed E-state index contributed by atoms with van der Waals surface area (Å²) in [5, 5.41) is 3.27.